The van der Waals surface area contributed by atoms with Crippen LogP contribution in [0.3, 0.4) is 0 Å². The van der Waals surface area contributed by atoms with Crippen molar-refractivity contribution in [2.24, 2.45) is 0 Å². The van der Waals surface area contributed by atoms with E-state index in [9.17, 15) is 0 Å². The van der Waals surface area contributed by atoms with E-state index in [1.807, 2.05) is 12.1 Å². The minimum Gasteiger partial charge on any atom is -0.497 e. The van der Waals surface area contributed by atoms with Crippen molar-refractivity contribution in [3.05, 3.63) is 23.8 Å². The van der Waals surface area contributed by atoms with E-state index in [1.165, 1.54) is 5.56 Å². The lowest BCUT2D eigenvalue weighted by atomic mass is 10.1. The van der Waals surface area contributed by atoms with Crippen molar-refractivity contribution >= 4 is 5.69 Å². The van der Waals surface area contributed by atoms with Gasteiger partial charge in [-0.3, -0.25) is 4.90 Å². The molecule has 4 nitrogen and oxygen atoms in total. The van der Waals surface area contributed by atoms with Gasteiger partial charge in [0, 0.05) is 38.0 Å². The molecule has 0 radical (unpaired) electrons. The Morgan fingerprint density at radius 3 is 2.40 bits per heavy atom. The van der Waals surface area contributed by atoms with E-state index >= 15 is 0 Å². The topological polar surface area (TPSA) is 47.7 Å². The van der Waals surface area contributed by atoms with Crippen LogP contribution in [0.1, 0.15) is 32.3 Å². The number of rotatable bonds is 9. The monoisotopic (exact) mass is 280 g/mol. The summed E-state index contributed by atoms with van der Waals surface area (Å²) >= 11 is 0. The van der Waals surface area contributed by atoms with Gasteiger partial charge in [0.2, 0.25) is 0 Å². The van der Waals surface area contributed by atoms with Crippen molar-refractivity contribution < 1.29 is 9.47 Å². The normalized spacial score (nSPS) is 11.3. The largest absolute Gasteiger partial charge is 0.497 e. The van der Waals surface area contributed by atoms with Crippen LogP contribution in [0.25, 0.3) is 0 Å². The standard InChI is InChI=1S/C16H28N2O2/c1-5-15(6-2)18(7-8-19-3)12-13-9-14(17)11-16(10-13)20-4/h9-11,15H,5-8,12,17H2,1-4H3. The highest BCUT2D eigenvalue weighted by Gasteiger charge is 2.15. The highest BCUT2D eigenvalue weighted by molar-refractivity contribution is 5.47. The molecule has 0 saturated carbocycles. The number of ether oxygens (including phenoxy) is 2. The molecule has 1 aromatic carbocycles. The van der Waals surface area contributed by atoms with Crippen molar-refractivity contribution in [1.82, 2.24) is 4.90 Å². The maximum Gasteiger partial charge on any atom is 0.121 e. The van der Waals surface area contributed by atoms with Crippen molar-refractivity contribution in [2.45, 2.75) is 39.3 Å². The van der Waals surface area contributed by atoms with E-state index in [1.54, 1.807) is 14.2 Å². The second-order valence-electron chi connectivity index (χ2n) is 5.05. The third-order valence-electron chi connectivity index (χ3n) is 3.65. The smallest absolute Gasteiger partial charge is 0.121 e. The Labute approximate surface area is 122 Å². The van der Waals surface area contributed by atoms with Gasteiger partial charge in [-0.05, 0) is 30.5 Å². The van der Waals surface area contributed by atoms with Crippen LogP contribution < -0.4 is 10.5 Å². The Kier molecular flexibility index (Phi) is 7.41. The van der Waals surface area contributed by atoms with Gasteiger partial charge < -0.3 is 15.2 Å². The molecule has 0 unspecified atom stereocenters. The van der Waals surface area contributed by atoms with Gasteiger partial charge in [0.05, 0.1) is 13.7 Å². The van der Waals surface area contributed by atoms with Crippen LogP contribution in [-0.2, 0) is 11.3 Å². The first kappa shape index (κ1) is 16.8. The van der Waals surface area contributed by atoms with Gasteiger partial charge in [0.1, 0.15) is 5.75 Å². The molecule has 0 aliphatic rings. The molecule has 1 rings (SSSR count). The van der Waals surface area contributed by atoms with E-state index in [4.69, 9.17) is 15.2 Å². The lowest BCUT2D eigenvalue weighted by Gasteiger charge is -2.30. The number of anilines is 1. The van der Waals surface area contributed by atoms with Gasteiger partial charge in [-0.25, -0.2) is 0 Å². The molecule has 0 amide bonds. The summed E-state index contributed by atoms with van der Waals surface area (Å²) in [6.07, 6.45) is 2.28. The van der Waals surface area contributed by atoms with Crippen LogP contribution >= 0.6 is 0 Å². The predicted octanol–water partition coefficient (Wildman–Crippen LogP) is 2.91. The van der Waals surface area contributed by atoms with E-state index in [-0.39, 0.29) is 0 Å². The number of hydrogen-bond donors (Lipinski definition) is 1. The highest BCUT2D eigenvalue weighted by Crippen LogP contribution is 2.21. The Morgan fingerprint density at radius 2 is 1.85 bits per heavy atom. The van der Waals surface area contributed by atoms with Crippen molar-refractivity contribution in [1.29, 1.82) is 0 Å². The summed E-state index contributed by atoms with van der Waals surface area (Å²) in [6.45, 7) is 7.01. The van der Waals surface area contributed by atoms with Gasteiger partial charge in [-0.2, -0.15) is 0 Å². The summed E-state index contributed by atoms with van der Waals surface area (Å²) in [5.41, 5.74) is 7.86. The second kappa shape index (κ2) is 8.82. The summed E-state index contributed by atoms with van der Waals surface area (Å²) in [5, 5.41) is 0. The van der Waals surface area contributed by atoms with Crippen molar-refractivity contribution in [3.63, 3.8) is 0 Å². The molecule has 1 aromatic rings. The average molecular weight is 280 g/mol. The first-order valence-electron chi connectivity index (χ1n) is 7.30. The molecule has 0 saturated heterocycles. The fourth-order valence-electron chi connectivity index (χ4n) is 2.53. The van der Waals surface area contributed by atoms with Gasteiger partial charge in [0.15, 0.2) is 0 Å². The fraction of sp³-hybridized carbons (Fsp3) is 0.625. The fourth-order valence-corrected chi connectivity index (χ4v) is 2.53. The number of nitrogen functional groups attached to an aromatic ring is 1. The van der Waals surface area contributed by atoms with Crippen LogP contribution in [0.2, 0.25) is 0 Å². The zero-order valence-electron chi connectivity index (χ0n) is 13.2. The van der Waals surface area contributed by atoms with E-state index in [2.05, 4.69) is 24.8 Å². The van der Waals surface area contributed by atoms with Crippen molar-refractivity contribution in [2.75, 3.05) is 33.1 Å². The van der Waals surface area contributed by atoms with Gasteiger partial charge >= 0.3 is 0 Å². The van der Waals surface area contributed by atoms with Gasteiger partial charge in [0.25, 0.3) is 0 Å². The van der Waals surface area contributed by atoms with Crippen LogP contribution in [0, 0.1) is 0 Å². The third kappa shape index (κ3) is 5.02. The number of benzene rings is 1. The molecule has 20 heavy (non-hydrogen) atoms. The Morgan fingerprint density at radius 1 is 1.15 bits per heavy atom. The zero-order valence-corrected chi connectivity index (χ0v) is 13.2. The minimum atomic E-state index is 0.567. The number of nitrogens with two attached hydrogens (primary N) is 1. The summed E-state index contributed by atoms with van der Waals surface area (Å²) in [5.74, 6) is 0.816. The molecular weight excluding hydrogens is 252 g/mol. The SMILES string of the molecule is CCC(CC)N(CCOC)Cc1cc(N)cc(OC)c1. The lowest BCUT2D eigenvalue weighted by molar-refractivity contribution is 0.110. The van der Waals surface area contributed by atoms with Crippen LogP contribution in [0.4, 0.5) is 5.69 Å². The van der Waals surface area contributed by atoms with Crippen LogP contribution in [-0.4, -0.2) is 38.3 Å². The molecule has 0 aliphatic heterocycles. The molecule has 0 spiro atoms. The van der Waals surface area contributed by atoms with Crippen LogP contribution in [0.5, 0.6) is 5.75 Å². The quantitative estimate of drug-likeness (QED) is 0.707. The Balaban J connectivity index is 2.84. The first-order valence-corrected chi connectivity index (χ1v) is 7.30. The maximum absolute atomic E-state index is 5.93. The molecule has 0 atom stereocenters. The van der Waals surface area contributed by atoms with E-state index in [0.29, 0.717) is 6.04 Å². The Hall–Kier alpha value is -1.26. The molecule has 0 aliphatic carbocycles. The number of nitrogens with zero attached hydrogens (tertiary/aromatic N) is 1. The molecular formula is C16H28N2O2. The molecule has 2 N–H and O–H groups in total. The maximum atomic E-state index is 5.93. The summed E-state index contributed by atoms with van der Waals surface area (Å²) in [7, 11) is 3.41. The first-order chi connectivity index (χ1) is 9.64. The molecule has 0 fully saturated rings. The summed E-state index contributed by atoms with van der Waals surface area (Å²) < 4.78 is 10.5. The van der Waals surface area contributed by atoms with E-state index in [0.717, 1.165) is 44.0 Å². The van der Waals surface area contributed by atoms with E-state index < -0.39 is 0 Å². The summed E-state index contributed by atoms with van der Waals surface area (Å²) in [6, 6.07) is 6.49. The average Bonchev–Trinajstić information content (AvgIpc) is 2.45. The van der Waals surface area contributed by atoms with Crippen molar-refractivity contribution in [3.8, 4) is 5.75 Å². The molecule has 114 valence electrons. The Bertz CT molecular complexity index is 392. The van der Waals surface area contributed by atoms with Gasteiger partial charge in [-0.15, -0.1) is 0 Å². The second-order valence-corrected chi connectivity index (χ2v) is 5.05. The third-order valence-corrected chi connectivity index (χ3v) is 3.65. The number of methoxy groups -OCH3 is 2. The summed E-state index contributed by atoms with van der Waals surface area (Å²) in [4.78, 5) is 2.46. The molecule has 0 bridgehead atoms. The minimum absolute atomic E-state index is 0.567. The number of hydrogen-bond acceptors (Lipinski definition) is 4. The molecule has 4 heteroatoms. The van der Waals surface area contributed by atoms with Crippen LogP contribution in [0.15, 0.2) is 18.2 Å². The highest BCUT2D eigenvalue weighted by atomic mass is 16.5. The van der Waals surface area contributed by atoms with Gasteiger partial charge in [-0.1, -0.05) is 13.8 Å². The molecule has 0 aromatic heterocycles. The molecule has 0 heterocycles. The predicted molar refractivity (Wildman–Crippen MR) is 84.1 cm³/mol. The zero-order chi connectivity index (χ0) is 15.0. The lowest BCUT2D eigenvalue weighted by Crippen LogP contribution is -2.36.